The molecule has 1 aliphatic rings. The molecule has 1 aromatic rings. The number of carbonyl (C=O) groups is 1. The number of aldehydes is 1. The van der Waals surface area contributed by atoms with Gasteiger partial charge in [-0.25, -0.2) is 0 Å². The Morgan fingerprint density at radius 3 is 2.64 bits per heavy atom. The van der Waals surface area contributed by atoms with Crippen molar-refractivity contribution in [1.82, 2.24) is 0 Å². The Morgan fingerprint density at radius 1 is 1.43 bits per heavy atom. The van der Waals surface area contributed by atoms with E-state index in [4.69, 9.17) is 9.47 Å². The summed E-state index contributed by atoms with van der Waals surface area (Å²) in [6.07, 6.45) is 0.953. The van der Waals surface area contributed by atoms with Gasteiger partial charge in [-0.15, -0.1) is 0 Å². The molecule has 1 heterocycles. The van der Waals surface area contributed by atoms with Crippen LogP contribution in [0.3, 0.4) is 0 Å². The molecule has 3 nitrogen and oxygen atoms in total. The van der Waals surface area contributed by atoms with Crippen LogP contribution in [0, 0.1) is 0 Å². The lowest BCUT2D eigenvalue weighted by atomic mass is 9.79. The van der Waals surface area contributed by atoms with Crippen LogP contribution in [0.5, 0.6) is 5.75 Å². The summed E-state index contributed by atoms with van der Waals surface area (Å²) in [5, 5.41) is 0. The average Bonchev–Trinajstić information content (AvgIpc) is 2.18. The fourth-order valence-electron chi connectivity index (χ4n) is 1.66. The number of ether oxygens (including phenoxy) is 2. The van der Waals surface area contributed by atoms with Crippen molar-refractivity contribution in [3.8, 4) is 5.75 Å². The molecule has 0 N–H and O–H groups in total. The van der Waals surface area contributed by atoms with Gasteiger partial charge in [0, 0.05) is 5.56 Å². The average molecular weight is 192 g/mol. The van der Waals surface area contributed by atoms with Gasteiger partial charge in [0.25, 0.3) is 0 Å². The standard InChI is InChI=1S/C11H12O3/c1-13-10-5-3-2-4-9(10)11(6-12)7-14-8-11/h2-6H,7-8H2,1H3. The molecule has 0 aromatic heterocycles. The van der Waals surface area contributed by atoms with E-state index in [1.807, 2.05) is 24.3 Å². The van der Waals surface area contributed by atoms with Crippen molar-refractivity contribution in [2.45, 2.75) is 5.41 Å². The minimum Gasteiger partial charge on any atom is -0.496 e. The van der Waals surface area contributed by atoms with Gasteiger partial charge in [-0.2, -0.15) is 0 Å². The first kappa shape index (κ1) is 9.21. The predicted molar refractivity (Wildman–Crippen MR) is 51.6 cm³/mol. The zero-order valence-corrected chi connectivity index (χ0v) is 8.03. The van der Waals surface area contributed by atoms with Crippen molar-refractivity contribution in [3.63, 3.8) is 0 Å². The second kappa shape index (κ2) is 3.42. The summed E-state index contributed by atoms with van der Waals surface area (Å²) < 4.78 is 10.3. The van der Waals surface area contributed by atoms with Gasteiger partial charge < -0.3 is 14.3 Å². The molecule has 2 rings (SSSR count). The zero-order chi connectivity index (χ0) is 10.0. The van der Waals surface area contributed by atoms with E-state index in [2.05, 4.69) is 0 Å². The van der Waals surface area contributed by atoms with Gasteiger partial charge in [0.15, 0.2) is 0 Å². The molecule has 14 heavy (non-hydrogen) atoms. The Morgan fingerprint density at radius 2 is 2.14 bits per heavy atom. The van der Waals surface area contributed by atoms with Crippen molar-refractivity contribution in [2.75, 3.05) is 20.3 Å². The van der Waals surface area contributed by atoms with Gasteiger partial charge >= 0.3 is 0 Å². The molecule has 74 valence electrons. The normalized spacial score (nSPS) is 18.4. The Kier molecular flexibility index (Phi) is 2.25. The molecule has 1 fully saturated rings. The zero-order valence-electron chi connectivity index (χ0n) is 8.03. The van der Waals surface area contributed by atoms with E-state index in [0.29, 0.717) is 13.2 Å². The SMILES string of the molecule is COc1ccccc1C1(C=O)COC1. The van der Waals surface area contributed by atoms with E-state index in [1.165, 1.54) is 0 Å². The van der Waals surface area contributed by atoms with Crippen LogP contribution in [0.2, 0.25) is 0 Å². The fourth-order valence-corrected chi connectivity index (χ4v) is 1.66. The molecular formula is C11H12O3. The topological polar surface area (TPSA) is 35.5 Å². The molecule has 1 aliphatic heterocycles. The number of carbonyl (C=O) groups excluding carboxylic acids is 1. The van der Waals surface area contributed by atoms with Crippen LogP contribution >= 0.6 is 0 Å². The summed E-state index contributed by atoms with van der Waals surface area (Å²) >= 11 is 0. The molecule has 0 atom stereocenters. The number of hydrogen-bond acceptors (Lipinski definition) is 3. The highest BCUT2D eigenvalue weighted by Crippen LogP contribution is 2.35. The van der Waals surface area contributed by atoms with Gasteiger partial charge in [0.05, 0.1) is 20.3 Å². The molecule has 0 unspecified atom stereocenters. The van der Waals surface area contributed by atoms with E-state index in [9.17, 15) is 4.79 Å². The Hall–Kier alpha value is -1.35. The van der Waals surface area contributed by atoms with Crippen molar-refractivity contribution < 1.29 is 14.3 Å². The van der Waals surface area contributed by atoms with Crippen LogP contribution in [0.25, 0.3) is 0 Å². The molecule has 0 bridgehead atoms. The third-order valence-electron chi connectivity index (χ3n) is 2.59. The number of para-hydroxylation sites is 1. The highest BCUT2D eigenvalue weighted by atomic mass is 16.5. The molecule has 1 saturated heterocycles. The molecule has 0 saturated carbocycles. The minimum absolute atomic E-state index is 0.455. The van der Waals surface area contributed by atoms with Crippen LogP contribution in [-0.4, -0.2) is 26.6 Å². The van der Waals surface area contributed by atoms with Crippen molar-refractivity contribution >= 4 is 6.29 Å². The van der Waals surface area contributed by atoms with Gasteiger partial charge in [-0.1, -0.05) is 18.2 Å². The summed E-state index contributed by atoms with van der Waals surface area (Å²) in [5.41, 5.74) is 0.441. The van der Waals surface area contributed by atoms with Crippen LogP contribution < -0.4 is 4.74 Å². The van der Waals surface area contributed by atoms with Gasteiger partial charge in [0.1, 0.15) is 17.5 Å². The summed E-state index contributed by atoms with van der Waals surface area (Å²) in [5.74, 6) is 0.753. The fraction of sp³-hybridized carbons (Fsp3) is 0.364. The quantitative estimate of drug-likeness (QED) is 0.674. The summed E-state index contributed by atoms with van der Waals surface area (Å²) in [4.78, 5) is 11.0. The van der Waals surface area contributed by atoms with Crippen LogP contribution in [0.4, 0.5) is 0 Å². The highest BCUT2D eigenvalue weighted by molar-refractivity contribution is 5.72. The summed E-state index contributed by atoms with van der Waals surface area (Å²) in [7, 11) is 1.61. The molecule has 0 amide bonds. The number of rotatable bonds is 3. The van der Waals surface area contributed by atoms with Gasteiger partial charge in [0.2, 0.25) is 0 Å². The van der Waals surface area contributed by atoms with Crippen molar-refractivity contribution in [2.24, 2.45) is 0 Å². The third-order valence-corrected chi connectivity index (χ3v) is 2.59. The first-order valence-corrected chi connectivity index (χ1v) is 4.50. The highest BCUT2D eigenvalue weighted by Gasteiger charge is 2.42. The maximum absolute atomic E-state index is 11.0. The first-order valence-electron chi connectivity index (χ1n) is 4.50. The molecule has 1 aromatic carbocycles. The first-order chi connectivity index (χ1) is 6.82. The lowest BCUT2D eigenvalue weighted by Gasteiger charge is -2.37. The Labute approximate surface area is 82.6 Å². The second-order valence-corrected chi connectivity index (χ2v) is 3.47. The van der Waals surface area contributed by atoms with E-state index in [-0.39, 0.29) is 0 Å². The van der Waals surface area contributed by atoms with Crippen molar-refractivity contribution in [3.05, 3.63) is 29.8 Å². The number of hydrogen-bond donors (Lipinski definition) is 0. The van der Waals surface area contributed by atoms with E-state index >= 15 is 0 Å². The summed E-state index contributed by atoms with van der Waals surface area (Å²) in [6.45, 7) is 0.910. The van der Waals surface area contributed by atoms with Gasteiger partial charge in [-0.3, -0.25) is 0 Å². The van der Waals surface area contributed by atoms with Crippen LogP contribution in [0.15, 0.2) is 24.3 Å². The molecular weight excluding hydrogens is 180 g/mol. The smallest absolute Gasteiger partial charge is 0.135 e. The molecule has 0 radical (unpaired) electrons. The van der Waals surface area contributed by atoms with E-state index in [1.54, 1.807) is 7.11 Å². The summed E-state index contributed by atoms with van der Waals surface area (Å²) in [6, 6.07) is 7.57. The van der Waals surface area contributed by atoms with E-state index in [0.717, 1.165) is 17.6 Å². The molecule has 0 spiro atoms. The van der Waals surface area contributed by atoms with E-state index < -0.39 is 5.41 Å². The third kappa shape index (κ3) is 1.21. The minimum atomic E-state index is -0.480. The van der Waals surface area contributed by atoms with Crippen LogP contribution in [0.1, 0.15) is 5.56 Å². The Balaban J connectivity index is 2.43. The second-order valence-electron chi connectivity index (χ2n) is 3.47. The lowest BCUT2D eigenvalue weighted by Crippen LogP contribution is -2.48. The monoisotopic (exact) mass is 192 g/mol. The van der Waals surface area contributed by atoms with Gasteiger partial charge in [-0.05, 0) is 6.07 Å². The predicted octanol–water partition coefficient (Wildman–Crippen LogP) is 1.16. The van der Waals surface area contributed by atoms with Crippen LogP contribution in [-0.2, 0) is 14.9 Å². The largest absolute Gasteiger partial charge is 0.496 e. The van der Waals surface area contributed by atoms with Crippen molar-refractivity contribution in [1.29, 1.82) is 0 Å². The number of methoxy groups -OCH3 is 1. The maximum Gasteiger partial charge on any atom is 0.135 e. The molecule has 3 heteroatoms. The maximum atomic E-state index is 11.0. The number of benzene rings is 1. The molecule has 0 aliphatic carbocycles. The Bertz CT molecular complexity index is 342. The lowest BCUT2D eigenvalue weighted by molar-refractivity contribution is -0.130.